The summed E-state index contributed by atoms with van der Waals surface area (Å²) in [5, 5.41) is 3.79. The van der Waals surface area contributed by atoms with E-state index < -0.39 is 0 Å². The van der Waals surface area contributed by atoms with E-state index in [-0.39, 0.29) is 23.6 Å². The van der Waals surface area contributed by atoms with Gasteiger partial charge in [0.25, 0.3) is 5.56 Å². The Morgan fingerprint density at radius 2 is 1.84 bits per heavy atom. The molecule has 7 nitrogen and oxygen atoms in total. The monoisotopic (exact) mass is 445 g/mol. The van der Waals surface area contributed by atoms with Gasteiger partial charge in [-0.3, -0.25) is 9.59 Å². The molecule has 2 aromatic heterocycles. The predicted molar refractivity (Wildman–Crippen MR) is 127 cm³/mol. The van der Waals surface area contributed by atoms with Gasteiger partial charge < -0.3 is 15.2 Å². The van der Waals surface area contributed by atoms with Crippen molar-refractivity contribution in [3.63, 3.8) is 0 Å². The number of aromatic nitrogens is 3. The van der Waals surface area contributed by atoms with Crippen LogP contribution in [-0.2, 0) is 4.79 Å². The quantitative estimate of drug-likeness (QED) is 0.486. The smallest absolute Gasteiger partial charge is 0.278 e. The maximum atomic E-state index is 13.1. The molecular weight excluding hydrogens is 422 g/mol. The van der Waals surface area contributed by atoms with Gasteiger partial charge in [0, 0.05) is 12.1 Å². The molecule has 162 valence electrons. The Morgan fingerprint density at radius 3 is 2.59 bits per heavy atom. The number of aromatic amines is 1. The fourth-order valence-electron chi connectivity index (χ4n) is 4.08. The van der Waals surface area contributed by atoms with Crippen LogP contribution in [0.25, 0.3) is 21.7 Å². The number of fused-ring (bicyclic) bond motifs is 1. The van der Waals surface area contributed by atoms with Crippen LogP contribution in [0.4, 0.5) is 5.13 Å². The van der Waals surface area contributed by atoms with Gasteiger partial charge in [-0.05, 0) is 25.3 Å². The zero-order chi connectivity index (χ0) is 22.1. The van der Waals surface area contributed by atoms with Gasteiger partial charge in [0.15, 0.2) is 15.5 Å². The number of hydrogen-bond acceptors (Lipinski definition) is 6. The highest BCUT2D eigenvalue weighted by atomic mass is 32.1. The lowest BCUT2D eigenvalue weighted by Gasteiger charge is -2.25. The molecule has 2 aromatic carbocycles. The Kier molecular flexibility index (Phi) is 5.45. The molecule has 4 aromatic rings. The summed E-state index contributed by atoms with van der Waals surface area (Å²) in [7, 11) is 0. The van der Waals surface area contributed by atoms with Crippen molar-refractivity contribution in [3.8, 4) is 11.4 Å². The number of thiazole rings is 1. The number of nitrogens with zero attached hydrogens (tertiary/aromatic N) is 3. The summed E-state index contributed by atoms with van der Waals surface area (Å²) in [5.41, 5.74) is 1.95. The van der Waals surface area contributed by atoms with E-state index in [1.807, 2.05) is 72.5 Å². The number of nitrogens with one attached hydrogen (secondary N) is 2. The minimum absolute atomic E-state index is 0.0232. The second kappa shape index (κ2) is 8.55. The minimum atomic E-state index is -0.311. The van der Waals surface area contributed by atoms with Gasteiger partial charge in [-0.1, -0.05) is 72.0 Å². The lowest BCUT2D eigenvalue weighted by atomic mass is 10.1. The summed E-state index contributed by atoms with van der Waals surface area (Å²) in [4.78, 5) is 40.3. The summed E-state index contributed by atoms with van der Waals surface area (Å²) in [6.45, 7) is 2.71. The summed E-state index contributed by atoms with van der Waals surface area (Å²) >= 11 is 1.36. The van der Waals surface area contributed by atoms with E-state index in [2.05, 4.69) is 20.3 Å². The van der Waals surface area contributed by atoms with Crippen LogP contribution in [0.3, 0.4) is 0 Å². The van der Waals surface area contributed by atoms with Gasteiger partial charge in [-0.25, -0.2) is 9.97 Å². The third-order valence-electron chi connectivity index (χ3n) is 5.77. The van der Waals surface area contributed by atoms with Gasteiger partial charge in [0.2, 0.25) is 5.91 Å². The van der Waals surface area contributed by atoms with E-state index in [4.69, 9.17) is 0 Å². The van der Waals surface area contributed by atoms with E-state index in [1.165, 1.54) is 11.3 Å². The largest absolute Gasteiger partial charge is 0.348 e. The van der Waals surface area contributed by atoms with E-state index in [0.29, 0.717) is 21.3 Å². The zero-order valence-corrected chi connectivity index (χ0v) is 18.4. The van der Waals surface area contributed by atoms with E-state index in [9.17, 15) is 9.59 Å². The number of carbonyl (C=O) groups excluding carboxylic acids is 1. The predicted octanol–water partition coefficient (Wildman–Crippen LogP) is 3.89. The first-order chi connectivity index (χ1) is 15.6. The SMILES string of the molecule is C[C@@H](NC(=O)C1CCCN1c1nc2c(=O)[nH]c(-c3ccccc3)nc2s1)c1ccccc1. The van der Waals surface area contributed by atoms with Crippen molar-refractivity contribution >= 4 is 32.7 Å². The number of hydrogen-bond donors (Lipinski definition) is 2. The molecule has 32 heavy (non-hydrogen) atoms. The standard InChI is InChI=1S/C24H23N5O2S/c1-15(16-9-4-2-5-10-16)25-21(30)18-13-8-14-29(18)24-26-19-22(31)27-20(28-23(19)32-24)17-11-6-3-7-12-17/h2-7,9-12,15,18H,8,13-14H2,1H3,(H,25,30)(H,27,28,31)/t15-,18?/m1/s1. The third-order valence-corrected chi connectivity index (χ3v) is 6.75. The second-order valence-corrected chi connectivity index (χ2v) is 8.88. The first-order valence-electron chi connectivity index (χ1n) is 10.7. The maximum Gasteiger partial charge on any atom is 0.278 e. The number of benzene rings is 2. The molecule has 2 atom stereocenters. The normalized spacial score (nSPS) is 16.9. The average molecular weight is 446 g/mol. The fraction of sp³-hybridized carbons (Fsp3) is 0.250. The van der Waals surface area contributed by atoms with Crippen LogP contribution < -0.4 is 15.8 Å². The molecule has 1 aliphatic heterocycles. The lowest BCUT2D eigenvalue weighted by molar-refractivity contribution is -0.122. The topological polar surface area (TPSA) is 91.0 Å². The van der Waals surface area contributed by atoms with Crippen LogP contribution in [-0.4, -0.2) is 33.4 Å². The molecule has 5 rings (SSSR count). The summed E-state index contributed by atoms with van der Waals surface area (Å²) in [6.07, 6.45) is 1.65. The molecule has 1 saturated heterocycles. The van der Waals surface area contributed by atoms with E-state index in [0.717, 1.165) is 30.5 Å². The van der Waals surface area contributed by atoms with Crippen LogP contribution in [0.15, 0.2) is 65.5 Å². The molecule has 0 aliphatic carbocycles. The Hall–Kier alpha value is -3.52. The molecule has 8 heteroatoms. The number of carbonyl (C=O) groups is 1. The highest BCUT2D eigenvalue weighted by Crippen LogP contribution is 2.32. The highest BCUT2D eigenvalue weighted by Gasteiger charge is 2.33. The van der Waals surface area contributed by atoms with E-state index in [1.54, 1.807) is 0 Å². The Labute approximate surface area is 189 Å². The maximum absolute atomic E-state index is 13.1. The Bertz CT molecular complexity index is 1300. The summed E-state index contributed by atoms with van der Waals surface area (Å²) in [6, 6.07) is 19.1. The number of amides is 1. The molecule has 0 spiro atoms. The molecule has 3 heterocycles. The van der Waals surface area contributed by atoms with Crippen molar-refractivity contribution in [1.82, 2.24) is 20.3 Å². The molecule has 0 bridgehead atoms. The zero-order valence-electron chi connectivity index (χ0n) is 17.6. The summed E-state index contributed by atoms with van der Waals surface area (Å²) < 4.78 is 0. The molecular formula is C24H23N5O2S. The van der Waals surface area contributed by atoms with Gasteiger partial charge in [-0.15, -0.1) is 0 Å². The van der Waals surface area contributed by atoms with Gasteiger partial charge in [0.05, 0.1) is 6.04 Å². The molecule has 1 aliphatic rings. The van der Waals surface area contributed by atoms with Crippen LogP contribution in [0.2, 0.25) is 0 Å². The van der Waals surface area contributed by atoms with Crippen molar-refractivity contribution in [3.05, 3.63) is 76.6 Å². The van der Waals surface area contributed by atoms with Gasteiger partial charge >= 0.3 is 0 Å². The van der Waals surface area contributed by atoms with Gasteiger partial charge in [0.1, 0.15) is 11.9 Å². The number of rotatable bonds is 5. The molecule has 0 radical (unpaired) electrons. The second-order valence-electron chi connectivity index (χ2n) is 7.92. The molecule has 1 unspecified atom stereocenters. The number of H-pyrrole nitrogens is 1. The summed E-state index contributed by atoms with van der Waals surface area (Å²) in [5.74, 6) is 0.496. The van der Waals surface area contributed by atoms with Gasteiger partial charge in [-0.2, -0.15) is 0 Å². The third kappa shape index (κ3) is 3.89. The van der Waals surface area contributed by atoms with Crippen molar-refractivity contribution in [2.24, 2.45) is 0 Å². The first-order valence-corrected chi connectivity index (χ1v) is 11.5. The number of anilines is 1. The van der Waals surface area contributed by atoms with Crippen LogP contribution in [0.5, 0.6) is 0 Å². The Balaban J connectivity index is 1.41. The minimum Gasteiger partial charge on any atom is -0.348 e. The molecule has 1 fully saturated rings. The highest BCUT2D eigenvalue weighted by molar-refractivity contribution is 7.21. The fourth-order valence-corrected chi connectivity index (χ4v) is 5.10. The van der Waals surface area contributed by atoms with Crippen LogP contribution in [0, 0.1) is 0 Å². The Morgan fingerprint density at radius 1 is 1.12 bits per heavy atom. The molecule has 0 saturated carbocycles. The van der Waals surface area contributed by atoms with Crippen LogP contribution in [0.1, 0.15) is 31.4 Å². The van der Waals surface area contributed by atoms with Crippen LogP contribution >= 0.6 is 11.3 Å². The first kappa shape index (κ1) is 20.4. The lowest BCUT2D eigenvalue weighted by Crippen LogP contribution is -2.44. The van der Waals surface area contributed by atoms with Crippen molar-refractivity contribution in [1.29, 1.82) is 0 Å². The van der Waals surface area contributed by atoms with Crippen molar-refractivity contribution in [2.75, 3.05) is 11.4 Å². The molecule has 1 amide bonds. The van der Waals surface area contributed by atoms with Crippen molar-refractivity contribution < 1.29 is 4.79 Å². The molecule has 2 N–H and O–H groups in total. The van der Waals surface area contributed by atoms with E-state index >= 15 is 0 Å². The average Bonchev–Trinajstić information content (AvgIpc) is 3.47. The van der Waals surface area contributed by atoms with Crippen molar-refractivity contribution in [2.45, 2.75) is 31.8 Å².